The van der Waals surface area contributed by atoms with Crippen LogP contribution in [-0.2, 0) is 6.42 Å². The van der Waals surface area contributed by atoms with Crippen molar-refractivity contribution in [2.24, 2.45) is 4.99 Å². The molecule has 0 spiro atoms. The minimum Gasteiger partial charge on any atom is -0.292 e. The van der Waals surface area contributed by atoms with Crippen LogP contribution in [0.5, 0.6) is 0 Å². The lowest BCUT2D eigenvalue weighted by Crippen LogP contribution is -2.20. The first kappa shape index (κ1) is 10.9. The predicted octanol–water partition coefficient (Wildman–Crippen LogP) is 2.91. The molecule has 0 atom stereocenters. The lowest BCUT2D eigenvalue weighted by Gasteiger charge is -2.15. The van der Waals surface area contributed by atoms with Gasteiger partial charge in [-0.15, -0.1) is 0 Å². The van der Waals surface area contributed by atoms with Gasteiger partial charge in [0, 0.05) is 23.3 Å². The summed E-state index contributed by atoms with van der Waals surface area (Å²) in [5.41, 5.74) is 4.02. The summed E-state index contributed by atoms with van der Waals surface area (Å²) in [5.74, 6) is 0.113. The zero-order valence-corrected chi connectivity index (χ0v) is 9.97. The molecule has 0 saturated carbocycles. The number of fused-ring (bicyclic) bond motifs is 1. The lowest BCUT2D eigenvalue weighted by atomic mass is 9.93. The van der Waals surface area contributed by atoms with E-state index in [4.69, 9.17) is 0 Å². The molecular formula is C16H13NO. The molecule has 0 unspecified atom stereocenters. The number of carbonyl (C=O) groups is 1. The summed E-state index contributed by atoms with van der Waals surface area (Å²) in [7, 11) is 0. The average Bonchev–Trinajstić information content (AvgIpc) is 2.44. The van der Waals surface area contributed by atoms with E-state index in [1.807, 2.05) is 42.5 Å². The van der Waals surface area contributed by atoms with E-state index in [0.717, 1.165) is 23.3 Å². The molecule has 0 N–H and O–H groups in total. The second-order valence-electron chi connectivity index (χ2n) is 4.39. The van der Waals surface area contributed by atoms with E-state index in [1.165, 1.54) is 5.56 Å². The monoisotopic (exact) mass is 235 g/mol. The van der Waals surface area contributed by atoms with Gasteiger partial charge < -0.3 is 0 Å². The summed E-state index contributed by atoms with van der Waals surface area (Å²) in [6.45, 7) is 0.277. The Morgan fingerprint density at radius 3 is 2.33 bits per heavy atom. The maximum atomic E-state index is 11.8. The molecular weight excluding hydrogens is 222 g/mol. The zero-order valence-electron chi connectivity index (χ0n) is 9.97. The van der Waals surface area contributed by atoms with Crippen LogP contribution in [-0.4, -0.2) is 18.0 Å². The molecule has 1 aliphatic rings. The van der Waals surface area contributed by atoms with Gasteiger partial charge in [-0.2, -0.15) is 0 Å². The van der Waals surface area contributed by atoms with Crippen molar-refractivity contribution >= 4 is 11.5 Å². The smallest absolute Gasteiger partial charge is 0.184 e. The van der Waals surface area contributed by atoms with E-state index in [2.05, 4.69) is 17.1 Å². The standard InChI is InChI=1S/C16H13NO/c18-16-11-17-15(10-12-6-2-1-3-7-12)13-8-4-5-9-14(13)16/h1-9H,10-11H2. The van der Waals surface area contributed by atoms with Crippen molar-refractivity contribution in [3.8, 4) is 0 Å². The Morgan fingerprint density at radius 2 is 1.56 bits per heavy atom. The molecule has 1 heterocycles. The van der Waals surface area contributed by atoms with Gasteiger partial charge in [0.25, 0.3) is 0 Å². The number of hydrogen-bond acceptors (Lipinski definition) is 2. The van der Waals surface area contributed by atoms with E-state index in [0.29, 0.717) is 0 Å². The van der Waals surface area contributed by atoms with Gasteiger partial charge in [-0.3, -0.25) is 9.79 Å². The fraction of sp³-hybridized carbons (Fsp3) is 0.125. The summed E-state index contributed by atoms with van der Waals surface area (Å²) in [5, 5.41) is 0. The highest BCUT2D eigenvalue weighted by Crippen LogP contribution is 2.18. The summed E-state index contributed by atoms with van der Waals surface area (Å²) in [4.78, 5) is 16.2. The molecule has 0 radical (unpaired) electrons. The number of Topliss-reactive ketones (excluding diaryl/α,β-unsaturated/α-hetero) is 1. The molecule has 0 fully saturated rings. The molecule has 0 aromatic heterocycles. The van der Waals surface area contributed by atoms with E-state index >= 15 is 0 Å². The largest absolute Gasteiger partial charge is 0.292 e. The molecule has 1 aliphatic heterocycles. The Hall–Kier alpha value is -2.22. The summed E-state index contributed by atoms with van der Waals surface area (Å²) in [6, 6.07) is 17.9. The third-order valence-corrected chi connectivity index (χ3v) is 3.17. The van der Waals surface area contributed by atoms with Gasteiger partial charge in [0.2, 0.25) is 0 Å². The number of nitrogens with zero attached hydrogens (tertiary/aromatic N) is 1. The zero-order chi connectivity index (χ0) is 12.4. The fourth-order valence-electron chi connectivity index (χ4n) is 2.26. The van der Waals surface area contributed by atoms with Crippen LogP contribution < -0.4 is 0 Å². The first-order valence-electron chi connectivity index (χ1n) is 6.04. The summed E-state index contributed by atoms with van der Waals surface area (Å²) >= 11 is 0. The second-order valence-corrected chi connectivity index (χ2v) is 4.39. The molecule has 2 aromatic rings. The van der Waals surface area contributed by atoms with Crippen LogP contribution in [0.4, 0.5) is 0 Å². The molecule has 18 heavy (non-hydrogen) atoms. The highest BCUT2D eigenvalue weighted by molar-refractivity contribution is 6.15. The minimum absolute atomic E-state index is 0.113. The predicted molar refractivity (Wildman–Crippen MR) is 72.3 cm³/mol. The quantitative estimate of drug-likeness (QED) is 0.787. The molecule has 88 valence electrons. The second kappa shape index (κ2) is 4.57. The molecule has 2 heteroatoms. The summed E-state index contributed by atoms with van der Waals surface area (Å²) < 4.78 is 0. The highest BCUT2D eigenvalue weighted by Gasteiger charge is 2.19. The van der Waals surface area contributed by atoms with Gasteiger partial charge >= 0.3 is 0 Å². The van der Waals surface area contributed by atoms with Gasteiger partial charge in [-0.25, -0.2) is 0 Å². The number of rotatable bonds is 2. The third-order valence-electron chi connectivity index (χ3n) is 3.17. The fourth-order valence-corrected chi connectivity index (χ4v) is 2.26. The van der Waals surface area contributed by atoms with E-state index in [9.17, 15) is 4.79 Å². The number of benzene rings is 2. The van der Waals surface area contributed by atoms with Crippen molar-refractivity contribution in [2.45, 2.75) is 6.42 Å². The van der Waals surface area contributed by atoms with Crippen molar-refractivity contribution in [1.82, 2.24) is 0 Å². The van der Waals surface area contributed by atoms with Gasteiger partial charge in [0.1, 0.15) is 6.54 Å². The molecule has 0 bridgehead atoms. The van der Waals surface area contributed by atoms with E-state index in [1.54, 1.807) is 0 Å². The topological polar surface area (TPSA) is 29.4 Å². The van der Waals surface area contributed by atoms with Crippen LogP contribution in [0.15, 0.2) is 59.6 Å². The number of ketones is 1. The van der Waals surface area contributed by atoms with Gasteiger partial charge in [-0.05, 0) is 5.56 Å². The Morgan fingerprint density at radius 1 is 0.889 bits per heavy atom. The summed E-state index contributed by atoms with van der Waals surface area (Å²) in [6.07, 6.45) is 0.783. The van der Waals surface area contributed by atoms with Crippen molar-refractivity contribution < 1.29 is 4.79 Å². The van der Waals surface area contributed by atoms with Crippen molar-refractivity contribution in [1.29, 1.82) is 0 Å². The van der Waals surface area contributed by atoms with E-state index in [-0.39, 0.29) is 12.3 Å². The van der Waals surface area contributed by atoms with Crippen LogP contribution in [0.3, 0.4) is 0 Å². The molecule has 2 nitrogen and oxygen atoms in total. The normalized spacial score (nSPS) is 14.0. The average molecular weight is 235 g/mol. The number of aliphatic imine (C=N–C) groups is 1. The van der Waals surface area contributed by atoms with Crippen molar-refractivity contribution in [3.05, 3.63) is 71.3 Å². The van der Waals surface area contributed by atoms with Gasteiger partial charge in [0.05, 0.1) is 0 Å². The molecule has 0 aliphatic carbocycles. The van der Waals surface area contributed by atoms with Crippen LogP contribution in [0.1, 0.15) is 21.5 Å². The number of carbonyl (C=O) groups excluding carboxylic acids is 1. The molecule has 0 saturated heterocycles. The molecule has 3 rings (SSSR count). The first-order chi connectivity index (χ1) is 8.84. The minimum atomic E-state index is 0.113. The van der Waals surface area contributed by atoms with Crippen molar-refractivity contribution in [3.63, 3.8) is 0 Å². The van der Waals surface area contributed by atoms with Crippen LogP contribution in [0, 0.1) is 0 Å². The number of hydrogen-bond donors (Lipinski definition) is 0. The van der Waals surface area contributed by atoms with Gasteiger partial charge in [0.15, 0.2) is 5.78 Å². The Balaban J connectivity index is 1.97. The maximum absolute atomic E-state index is 11.8. The Bertz CT molecular complexity index is 614. The van der Waals surface area contributed by atoms with Crippen molar-refractivity contribution in [2.75, 3.05) is 6.54 Å². The molecule has 0 amide bonds. The SMILES string of the molecule is O=C1CN=C(Cc2ccccc2)c2ccccc21. The highest BCUT2D eigenvalue weighted by atomic mass is 16.1. The van der Waals surface area contributed by atoms with E-state index < -0.39 is 0 Å². The Kier molecular flexibility index (Phi) is 2.77. The van der Waals surface area contributed by atoms with Crippen LogP contribution in [0.2, 0.25) is 0 Å². The third kappa shape index (κ3) is 1.97. The maximum Gasteiger partial charge on any atom is 0.184 e. The van der Waals surface area contributed by atoms with Gasteiger partial charge in [-0.1, -0.05) is 54.6 Å². The van der Waals surface area contributed by atoms with Crippen LogP contribution >= 0.6 is 0 Å². The first-order valence-corrected chi connectivity index (χ1v) is 6.04. The Labute approximate surface area is 106 Å². The molecule has 2 aromatic carbocycles. The van der Waals surface area contributed by atoms with Crippen LogP contribution in [0.25, 0.3) is 0 Å². The lowest BCUT2D eigenvalue weighted by molar-refractivity contribution is 0.1000.